The molecule has 0 saturated carbocycles. The maximum Gasteiger partial charge on any atom is 0.573 e. The molecule has 0 radical (unpaired) electrons. The number of para-hydroxylation sites is 1. The largest absolute Gasteiger partial charge is 0.573 e. The van der Waals surface area contributed by atoms with Crippen LogP contribution in [-0.4, -0.2) is 37.9 Å². The molecule has 0 aliphatic heterocycles. The monoisotopic (exact) mass is 409 g/mol. The van der Waals surface area contributed by atoms with E-state index in [1.54, 1.807) is 30.3 Å². The van der Waals surface area contributed by atoms with Crippen molar-refractivity contribution in [2.24, 2.45) is 0 Å². The maximum absolute atomic E-state index is 12.5. The van der Waals surface area contributed by atoms with Crippen molar-refractivity contribution in [1.82, 2.24) is 4.90 Å². The van der Waals surface area contributed by atoms with Crippen molar-refractivity contribution in [1.29, 1.82) is 0 Å². The zero-order valence-electron chi connectivity index (χ0n) is 16.3. The molecular weight excluding hydrogens is 387 g/mol. The molecule has 0 saturated heterocycles. The third-order valence-electron chi connectivity index (χ3n) is 3.89. The number of carbonyl (C=O) groups is 1. The highest BCUT2D eigenvalue weighted by Crippen LogP contribution is 2.29. The molecule has 5 nitrogen and oxygen atoms in total. The van der Waals surface area contributed by atoms with Gasteiger partial charge in [-0.1, -0.05) is 24.3 Å². The van der Waals surface area contributed by atoms with Crippen LogP contribution in [0.2, 0.25) is 0 Å². The van der Waals surface area contributed by atoms with Gasteiger partial charge in [-0.2, -0.15) is 0 Å². The number of benzene rings is 2. The van der Waals surface area contributed by atoms with Crippen molar-refractivity contribution >= 4 is 12.0 Å². The van der Waals surface area contributed by atoms with Crippen molar-refractivity contribution in [3.05, 3.63) is 59.7 Å². The molecule has 0 bridgehead atoms. The summed E-state index contributed by atoms with van der Waals surface area (Å²) in [6.07, 6.45) is -1.87. The van der Waals surface area contributed by atoms with Crippen molar-refractivity contribution in [2.45, 2.75) is 19.8 Å². The number of hydrogen-bond donors (Lipinski definition) is 0. The average Bonchev–Trinajstić information content (AvgIpc) is 2.67. The van der Waals surface area contributed by atoms with Gasteiger partial charge in [0.1, 0.15) is 5.75 Å². The zero-order chi connectivity index (χ0) is 21.4. The summed E-state index contributed by atoms with van der Waals surface area (Å²) in [5.41, 5.74) is 0.963. The molecular formula is C21H22F3NO4. The van der Waals surface area contributed by atoms with Gasteiger partial charge >= 0.3 is 6.36 Å². The molecule has 0 unspecified atom stereocenters. The molecule has 2 aromatic rings. The Kier molecular flexibility index (Phi) is 7.52. The van der Waals surface area contributed by atoms with E-state index < -0.39 is 6.36 Å². The summed E-state index contributed by atoms with van der Waals surface area (Å²) >= 11 is 0. The fourth-order valence-corrected chi connectivity index (χ4v) is 2.55. The highest BCUT2D eigenvalue weighted by Gasteiger charge is 2.32. The Labute approximate surface area is 167 Å². The Hall–Kier alpha value is -3.16. The highest BCUT2D eigenvalue weighted by molar-refractivity contribution is 5.91. The van der Waals surface area contributed by atoms with Crippen LogP contribution in [0.4, 0.5) is 13.2 Å². The number of methoxy groups -OCH3 is 1. The smallest absolute Gasteiger partial charge is 0.493 e. The van der Waals surface area contributed by atoms with Gasteiger partial charge in [0, 0.05) is 25.2 Å². The lowest BCUT2D eigenvalue weighted by Gasteiger charge is -2.18. The molecule has 0 aromatic heterocycles. The Balaban J connectivity index is 2.08. The van der Waals surface area contributed by atoms with E-state index in [2.05, 4.69) is 4.74 Å². The first-order valence-corrected chi connectivity index (χ1v) is 8.81. The van der Waals surface area contributed by atoms with Gasteiger partial charge in [0.15, 0.2) is 11.5 Å². The fraction of sp³-hybridized carbons (Fsp3) is 0.286. The van der Waals surface area contributed by atoms with E-state index in [1.165, 1.54) is 43.3 Å². The summed E-state index contributed by atoms with van der Waals surface area (Å²) in [5.74, 6) is 0.421. The lowest BCUT2D eigenvalue weighted by atomic mass is 10.1. The number of halogens is 3. The normalized spacial score (nSPS) is 11.4. The van der Waals surface area contributed by atoms with Gasteiger partial charge in [-0.3, -0.25) is 4.79 Å². The Bertz CT molecular complexity index is 865. The molecule has 0 spiro atoms. The molecule has 0 fully saturated rings. The van der Waals surface area contributed by atoms with E-state index in [1.807, 2.05) is 6.92 Å². The van der Waals surface area contributed by atoms with Gasteiger partial charge in [0.05, 0.1) is 13.7 Å². The standard InChI is InChI=1S/C21H22F3NO4/c1-4-28-18-11-9-15(13-19(18)27-3)10-12-20(26)25(2)14-16-7-5-6-8-17(16)29-21(22,23)24/h5-13H,4,14H2,1-3H3/b12-10+. The van der Waals surface area contributed by atoms with Crippen molar-refractivity contribution in [2.75, 3.05) is 20.8 Å². The van der Waals surface area contributed by atoms with Gasteiger partial charge in [-0.25, -0.2) is 0 Å². The van der Waals surface area contributed by atoms with Gasteiger partial charge in [-0.15, -0.1) is 13.2 Å². The first-order chi connectivity index (χ1) is 13.7. The van der Waals surface area contributed by atoms with Gasteiger partial charge in [-0.05, 0) is 36.8 Å². The molecule has 0 heterocycles. The van der Waals surface area contributed by atoms with E-state index in [0.717, 1.165) is 0 Å². The van der Waals surface area contributed by atoms with Crippen LogP contribution in [0.1, 0.15) is 18.1 Å². The summed E-state index contributed by atoms with van der Waals surface area (Å²) in [7, 11) is 3.01. The van der Waals surface area contributed by atoms with E-state index in [-0.39, 0.29) is 23.8 Å². The van der Waals surface area contributed by atoms with Crippen LogP contribution in [0.3, 0.4) is 0 Å². The minimum atomic E-state index is -4.80. The summed E-state index contributed by atoms with van der Waals surface area (Å²) in [6.45, 7) is 2.32. The third kappa shape index (κ3) is 6.74. The quantitative estimate of drug-likeness (QED) is 0.595. The number of alkyl halides is 3. The number of ether oxygens (including phenoxy) is 3. The lowest BCUT2D eigenvalue weighted by Crippen LogP contribution is -2.25. The predicted octanol–water partition coefficient (Wildman–Crippen LogP) is 4.66. The fourth-order valence-electron chi connectivity index (χ4n) is 2.55. The second-order valence-corrected chi connectivity index (χ2v) is 6.03. The molecule has 1 amide bonds. The number of amides is 1. The van der Waals surface area contributed by atoms with Gasteiger partial charge < -0.3 is 19.1 Å². The SMILES string of the molecule is CCOc1ccc(/C=C/C(=O)N(C)Cc2ccccc2OC(F)(F)F)cc1OC. The van der Waals surface area contributed by atoms with Gasteiger partial charge in [0.25, 0.3) is 0 Å². The van der Waals surface area contributed by atoms with Crippen LogP contribution in [0.15, 0.2) is 48.5 Å². The van der Waals surface area contributed by atoms with E-state index in [4.69, 9.17) is 9.47 Å². The number of rotatable bonds is 8. The molecule has 0 aliphatic carbocycles. The van der Waals surface area contributed by atoms with Crippen LogP contribution in [0.5, 0.6) is 17.2 Å². The minimum Gasteiger partial charge on any atom is -0.493 e. The Morgan fingerprint density at radius 1 is 1.10 bits per heavy atom. The first-order valence-electron chi connectivity index (χ1n) is 8.81. The zero-order valence-corrected chi connectivity index (χ0v) is 16.3. The molecule has 8 heteroatoms. The van der Waals surface area contributed by atoms with Crippen LogP contribution in [0, 0.1) is 0 Å². The number of nitrogens with zero attached hydrogens (tertiary/aromatic N) is 1. The molecule has 0 atom stereocenters. The maximum atomic E-state index is 12.5. The van der Waals surface area contributed by atoms with Crippen LogP contribution < -0.4 is 14.2 Å². The lowest BCUT2D eigenvalue weighted by molar-refractivity contribution is -0.275. The van der Waals surface area contributed by atoms with Crippen molar-refractivity contribution < 1.29 is 32.2 Å². The minimum absolute atomic E-state index is 0.0397. The molecule has 0 aliphatic rings. The molecule has 2 aromatic carbocycles. The number of hydrogen-bond acceptors (Lipinski definition) is 4. The topological polar surface area (TPSA) is 48.0 Å². The highest BCUT2D eigenvalue weighted by atomic mass is 19.4. The molecule has 29 heavy (non-hydrogen) atoms. The van der Waals surface area contributed by atoms with Crippen LogP contribution in [-0.2, 0) is 11.3 Å². The summed E-state index contributed by atoms with van der Waals surface area (Å²) in [6, 6.07) is 10.9. The molecule has 156 valence electrons. The van der Waals surface area contributed by atoms with Crippen molar-refractivity contribution in [3.8, 4) is 17.2 Å². The van der Waals surface area contributed by atoms with Crippen molar-refractivity contribution in [3.63, 3.8) is 0 Å². The van der Waals surface area contributed by atoms with Gasteiger partial charge in [0.2, 0.25) is 5.91 Å². The second kappa shape index (κ2) is 9.86. The first kappa shape index (κ1) is 22.1. The summed E-state index contributed by atoms with van der Waals surface area (Å²) in [4.78, 5) is 13.7. The van der Waals surface area contributed by atoms with Crippen LogP contribution >= 0.6 is 0 Å². The number of likely N-dealkylation sites (N-methyl/N-ethyl adjacent to an activating group) is 1. The van der Waals surface area contributed by atoms with E-state index in [0.29, 0.717) is 23.7 Å². The summed E-state index contributed by atoms with van der Waals surface area (Å²) < 4.78 is 52.3. The number of carbonyl (C=O) groups excluding carboxylic acids is 1. The molecule has 0 N–H and O–H groups in total. The molecule has 2 rings (SSSR count). The predicted molar refractivity (Wildman–Crippen MR) is 103 cm³/mol. The Morgan fingerprint density at radius 3 is 2.48 bits per heavy atom. The second-order valence-electron chi connectivity index (χ2n) is 6.03. The average molecular weight is 409 g/mol. The Morgan fingerprint density at radius 2 is 1.83 bits per heavy atom. The third-order valence-corrected chi connectivity index (χ3v) is 3.89. The van der Waals surface area contributed by atoms with Crippen LogP contribution in [0.25, 0.3) is 6.08 Å². The van der Waals surface area contributed by atoms with E-state index >= 15 is 0 Å². The summed E-state index contributed by atoms with van der Waals surface area (Å²) in [5, 5.41) is 0. The van der Waals surface area contributed by atoms with E-state index in [9.17, 15) is 18.0 Å².